The molecule has 0 aliphatic carbocycles. The highest BCUT2D eigenvalue weighted by atomic mass is 32.2. The number of benzene rings is 1. The van der Waals surface area contributed by atoms with Crippen molar-refractivity contribution < 1.29 is 26.3 Å². The summed E-state index contributed by atoms with van der Waals surface area (Å²) in [7, 11) is -5.37. The van der Waals surface area contributed by atoms with E-state index in [0.717, 1.165) is 6.07 Å². The van der Waals surface area contributed by atoms with E-state index in [2.05, 4.69) is 5.32 Å². The molecule has 0 fully saturated rings. The Bertz CT molecular complexity index is 543. The lowest BCUT2D eigenvalue weighted by atomic mass is 10.3. The van der Waals surface area contributed by atoms with E-state index in [9.17, 15) is 21.6 Å². The van der Waals surface area contributed by atoms with Crippen LogP contribution in [0.15, 0.2) is 29.2 Å². The SMILES string of the molecule is CCOC(C)CNc1ccccc1S(=O)(=O)C(F)(F)F. The first-order valence-electron chi connectivity index (χ1n) is 5.96. The summed E-state index contributed by atoms with van der Waals surface area (Å²) >= 11 is 0. The number of para-hydroxylation sites is 1. The first kappa shape index (κ1) is 16.8. The van der Waals surface area contributed by atoms with Crippen molar-refractivity contribution in [2.45, 2.75) is 30.4 Å². The second-order valence-electron chi connectivity index (χ2n) is 4.09. The molecule has 8 heteroatoms. The maximum Gasteiger partial charge on any atom is 0.501 e. The van der Waals surface area contributed by atoms with E-state index in [-0.39, 0.29) is 18.3 Å². The van der Waals surface area contributed by atoms with E-state index in [0.29, 0.717) is 6.61 Å². The van der Waals surface area contributed by atoms with E-state index in [1.165, 1.54) is 18.2 Å². The summed E-state index contributed by atoms with van der Waals surface area (Å²) in [4.78, 5) is -0.781. The average molecular weight is 311 g/mol. The Morgan fingerprint density at radius 2 is 1.90 bits per heavy atom. The number of hydrogen-bond donors (Lipinski definition) is 1. The predicted octanol–water partition coefficient (Wildman–Crippen LogP) is 2.82. The summed E-state index contributed by atoms with van der Waals surface area (Å²) in [6.07, 6.45) is -0.248. The fourth-order valence-electron chi connectivity index (χ4n) is 1.57. The van der Waals surface area contributed by atoms with Crippen molar-refractivity contribution in [1.82, 2.24) is 0 Å². The molecule has 1 rings (SSSR count). The Morgan fingerprint density at radius 3 is 2.45 bits per heavy atom. The van der Waals surface area contributed by atoms with Crippen molar-refractivity contribution in [1.29, 1.82) is 0 Å². The van der Waals surface area contributed by atoms with Crippen LogP contribution in [0.4, 0.5) is 18.9 Å². The van der Waals surface area contributed by atoms with Gasteiger partial charge in [-0.3, -0.25) is 0 Å². The molecule has 20 heavy (non-hydrogen) atoms. The van der Waals surface area contributed by atoms with Crippen molar-refractivity contribution in [3.8, 4) is 0 Å². The van der Waals surface area contributed by atoms with E-state index in [4.69, 9.17) is 4.74 Å². The molecule has 0 bridgehead atoms. The Labute approximate surface area is 115 Å². The van der Waals surface area contributed by atoms with Gasteiger partial charge in [0.2, 0.25) is 0 Å². The van der Waals surface area contributed by atoms with Gasteiger partial charge in [-0.25, -0.2) is 8.42 Å². The van der Waals surface area contributed by atoms with Crippen LogP contribution in [-0.2, 0) is 14.6 Å². The quantitative estimate of drug-likeness (QED) is 0.878. The van der Waals surface area contributed by atoms with Crippen LogP contribution in [0, 0.1) is 0 Å². The molecule has 1 aromatic carbocycles. The zero-order valence-corrected chi connectivity index (χ0v) is 11.9. The lowest BCUT2D eigenvalue weighted by Gasteiger charge is -2.17. The minimum absolute atomic E-state index is 0.0867. The number of halogens is 3. The number of rotatable bonds is 6. The molecular formula is C12H16F3NO3S. The second-order valence-corrected chi connectivity index (χ2v) is 6.00. The molecule has 114 valence electrons. The lowest BCUT2D eigenvalue weighted by molar-refractivity contribution is -0.0435. The van der Waals surface area contributed by atoms with E-state index in [1.54, 1.807) is 13.8 Å². The normalized spacial score (nSPS) is 14.1. The molecule has 0 aromatic heterocycles. The van der Waals surface area contributed by atoms with Crippen molar-refractivity contribution in [3.63, 3.8) is 0 Å². The van der Waals surface area contributed by atoms with Gasteiger partial charge in [-0.1, -0.05) is 12.1 Å². The molecule has 1 unspecified atom stereocenters. The molecular weight excluding hydrogens is 295 g/mol. The number of sulfone groups is 1. The van der Waals surface area contributed by atoms with Gasteiger partial charge in [0.1, 0.15) is 0 Å². The van der Waals surface area contributed by atoms with Gasteiger partial charge < -0.3 is 10.1 Å². The van der Waals surface area contributed by atoms with Gasteiger partial charge in [-0.05, 0) is 26.0 Å². The minimum atomic E-state index is -5.37. The smallest absolute Gasteiger partial charge is 0.381 e. The summed E-state index contributed by atoms with van der Waals surface area (Å²) < 4.78 is 65.9. The highest BCUT2D eigenvalue weighted by Gasteiger charge is 2.47. The Hall–Kier alpha value is -1.28. The van der Waals surface area contributed by atoms with Crippen LogP contribution in [0.1, 0.15) is 13.8 Å². The van der Waals surface area contributed by atoms with Crippen LogP contribution in [-0.4, -0.2) is 33.2 Å². The molecule has 0 spiro atoms. The number of nitrogens with one attached hydrogen (secondary N) is 1. The van der Waals surface area contributed by atoms with Crippen LogP contribution in [0.3, 0.4) is 0 Å². The summed E-state index contributed by atoms with van der Waals surface area (Å²) in [5.74, 6) is 0. The maximum absolute atomic E-state index is 12.6. The first-order valence-corrected chi connectivity index (χ1v) is 7.44. The third-order valence-electron chi connectivity index (χ3n) is 2.51. The number of anilines is 1. The van der Waals surface area contributed by atoms with Gasteiger partial charge in [0.15, 0.2) is 0 Å². The van der Waals surface area contributed by atoms with E-state index in [1.807, 2.05) is 0 Å². The molecule has 0 aliphatic rings. The Balaban J connectivity index is 3.01. The molecule has 1 aromatic rings. The number of ether oxygens (including phenoxy) is 1. The fourth-order valence-corrected chi connectivity index (χ4v) is 2.51. The van der Waals surface area contributed by atoms with Gasteiger partial charge >= 0.3 is 5.51 Å². The van der Waals surface area contributed by atoms with Gasteiger partial charge in [-0.15, -0.1) is 0 Å². The van der Waals surface area contributed by atoms with Crippen LogP contribution in [0.5, 0.6) is 0 Å². The molecule has 0 heterocycles. The summed E-state index contributed by atoms with van der Waals surface area (Å²) in [6, 6.07) is 4.92. The van der Waals surface area contributed by atoms with Crippen molar-refractivity contribution in [3.05, 3.63) is 24.3 Å². The van der Waals surface area contributed by atoms with Crippen LogP contribution in [0.25, 0.3) is 0 Å². The van der Waals surface area contributed by atoms with Crippen molar-refractivity contribution >= 4 is 15.5 Å². The average Bonchev–Trinajstić information content (AvgIpc) is 2.35. The molecule has 0 aliphatic heterocycles. The van der Waals surface area contributed by atoms with Crippen LogP contribution in [0.2, 0.25) is 0 Å². The Kier molecular flexibility index (Phi) is 5.41. The van der Waals surface area contributed by atoms with E-state index < -0.39 is 20.2 Å². The largest absolute Gasteiger partial charge is 0.501 e. The monoisotopic (exact) mass is 311 g/mol. The van der Waals surface area contributed by atoms with Gasteiger partial charge in [0, 0.05) is 13.2 Å². The zero-order valence-electron chi connectivity index (χ0n) is 11.1. The highest BCUT2D eigenvalue weighted by molar-refractivity contribution is 7.92. The summed E-state index contributed by atoms with van der Waals surface area (Å²) in [6.45, 7) is 4.19. The third-order valence-corrected chi connectivity index (χ3v) is 4.06. The molecule has 0 saturated heterocycles. The molecule has 0 saturated carbocycles. The Morgan fingerprint density at radius 1 is 1.30 bits per heavy atom. The zero-order chi connectivity index (χ0) is 15.4. The number of alkyl halides is 3. The van der Waals surface area contributed by atoms with Gasteiger partial charge in [-0.2, -0.15) is 13.2 Å². The summed E-state index contributed by atoms with van der Waals surface area (Å²) in [5, 5.41) is 2.67. The highest BCUT2D eigenvalue weighted by Crippen LogP contribution is 2.34. The van der Waals surface area contributed by atoms with E-state index >= 15 is 0 Å². The fraction of sp³-hybridized carbons (Fsp3) is 0.500. The van der Waals surface area contributed by atoms with Gasteiger partial charge in [0.05, 0.1) is 16.7 Å². The van der Waals surface area contributed by atoms with Crippen molar-refractivity contribution in [2.24, 2.45) is 0 Å². The van der Waals surface area contributed by atoms with Crippen molar-refractivity contribution in [2.75, 3.05) is 18.5 Å². The van der Waals surface area contributed by atoms with Gasteiger partial charge in [0.25, 0.3) is 9.84 Å². The lowest BCUT2D eigenvalue weighted by Crippen LogP contribution is -2.26. The third kappa shape index (κ3) is 3.86. The number of hydrogen-bond acceptors (Lipinski definition) is 4. The molecule has 0 radical (unpaired) electrons. The molecule has 1 N–H and O–H groups in total. The minimum Gasteiger partial charge on any atom is -0.381 e. The molecule has 4 nitrogen and oxygen atoms in total. The standard InChI is InChI=1S/C12H16F3NO3S/c1-3-19-9(2)8-16-10-6-4-5-7-11(10)20(17,18)12(13,14)15/h4-7,9,16H,3,8H2,1-2H3. The molecule has 0 amide bonds. The second kappa shape index (κ2) is 6.45. The first-order chi connectivity index (χ1) is 9.20. The topological polar surface area (TPSA) is 55.4 Å². The molecule has 1 atom stereocenters. The van der Waals surface area contributed by atoms with Crippen LogP contribution < -0.4 is 5.32 Å². The summed E-state index contributed by atoms with van der Waals surface area (Å²) in [5.41, 5.74) is -5.41. The maximum atomic E-state index is 12.6. The predicted molar refractivity (Wildman–Crippen MR) is 69.3 cm³/mol. The van der Waals surface area contributed by atoms with Crippen LogP contribution >= 0.6 is 0 Å².